The number of benzene rings is 2. The van der Waals surface area contributed by atoms with E-state index in [0.717, 1.165) is 11.3 Å². The van der Waals surface area contributed by atoms with Crippen LogP contribution in [0.2, 0.25) is 0 Å². The van der Waals surface area contributed by atoms with Crippen molar-refractivity contribution in [3.63, 3.8) is 0 Å². The van der Waals surface area contributed by atoms with E-state index < -0.39 is 10.0 Å². The summed E-state index contributed by atoms with van der Waals surface area (Å²) in [4.78, 5) is 0.216. The van der Waals surface area contributed by atoms with Crippen molar-refractivity contribution in [3.05, 3.63) is 54.1 Å². The Kier molecular flexibility index (Phi) is 5.41. The maximum Gasteiger partial charge on any atom is 0.240 e. The van der Waals surface area contributed by atoms with Crippen LogP contribution in [0.5, 0.6) is 11.5 Å². The van der Waals surface area contributed by atoms with Gasteiger partial charge in [-0.2, -0.15) is 0 Å². The molecule has 2 aromatic rings. The lowest BCUT2D eigenvalue weighted by Crippen LogP contribution is -2.26. The molecule has 0 amide bonds. The van der Waals surface area contributed by atoms with Crippen LogP contribution in [0.3, 0.4) is 0 Å². The first-order chi connectivity index (χ1) is 10.6. The number of sulfonamides is 1. The Morgan fingerprint density at radius 1 is 0.955 bits per heavy atom. The minimum Gasteiger partial charge on any atom is -0.497 e. The zero-order valence-corrected chi connectivity index (χ0v) is 13.4. The number of methoxy groups -OCH3 is 2. The predicted molar refractivity (Wildman–Crippen MR) is 84.9 cm³/mol. The van der Waals surface area contributed by atoms with E-state index in [1.165, 1.54) is 19.2 Å². The van der Waals surface area contributed by atoms with E-state index in [0.29, 0.717) is 18.7 Å². The molecule has 0 spiro atoms. The largest absolute Gasteiger partial charge is 0.497 e. The second kappa shape index (κ2) is 7.29. The molecule has 22 heavy (non-hydrogen) atoms. The molecule has 0 aliphatic heterocycles. The Hall–Kier alpha value is -2.05. The molecule has 0 radical (unpaired) electrons. The average molecular weight is 321 g/mol. The highest BCUT2D eigenvalue weighted by molar-refractivity contribution is 7.89. The molecule has 0 aromatic heterocycles. The van der Waals surface area contributed by atoms with Gasteiger partial charge in [0.25, 0.3) is 0 Å². The van der Waals surface area contributed by atoms with Crippen molar-refractivity contribution in [1.82, 2.24) is 4.72 Å². The molecule has 0 atom stereocenters. The molecule has 0 fully saturated rings. The summed E-state index contributed by atoms with van der Waals surface area (Å²) in [5, 5.41) is 0. The molecule has 0 saturated carbocycles. The third kappa shape index (κ3) is 3.99. The Bertz CT molecular complexity index is 711. The van der Waals surface area contributed by atoms with Crippen molar-refractivity contribution in [2.45, 2.75) is 11.3 Å². The number of ether oxygens (including phenoxy) is 2. The Balaban J connectivity index is 2.00. The monoisotopic (exact) mass is 321 g/mol. The molecule has 0 saturated heterocycles. The molecule has 1 N–H and O–H groups in total. The van der Waals surface area contributed by atoms with Gasteiger partial charge < -0.3 is 9.47 Å². The van der Waals surface area contributed by atoms with Crippen molar-refractivity contribution < 1.29 is 17.9 Å². The third-order valence-corrected chi connectivity index (χ3v) is 4.73. The van der Waals surface area contributed by atoms with Gasteiger partial charge in [-0.1, -0.05) is 18.2 Å². The van der Waals surface area contributed by atoms with E-state index in [9.17, 15) is 8.42 Å². The van der Waals surface area contributed by atoms with Crippen LogP contribution in [0.25, 0.3) is 0 Å². The maximum absolute atomic E-state index is 12.2. The van der Waals surface area contributed by atoms with E-state index in [4.69, 9.17) is 9.47 Å². The third-order valence-electron chi connectivity index (χ3n) is 3.25. The minimum atomic E-state index is -3.52. The van der Waals surface area contributed by atoms with Crippen LogP contribution in [-0.4, -0.2) is 29.2 Å². The summed E-state index contributed by atoms with van der Waals surface area (Å²) >= 11 is 0. The predicted octanol–water partition coefficient (Wildman–Crippen LogP) is 2.22. The van der Waals surface area contributed by atoms with Gasteiger partial charge in [-0.3, -0.25) is 0 Å². The summed E-state index contributed by atoms with van der Waals surface area (Å²) in [6.07, 6.45) is 0.555. The Morgan fingerprint density at radius 3 is 2.27 bits per heavy atom. The van der Waals surface area contributed by atoms with Crippen LogP contribution >= 0.6 is 0 Å². The van der Waals surface area contributed by atoms with Gasteiger partial charge in [0.05, 0.1) is 19.1 Å². The summed E-state index contributed by atoms with van der Waals surface area (Å²) < 4.78 is 37.2. The lowest BCUT2D eigenvalue weighted by Gasteiger charge is -2.10. The molecule has 6 heteroatoms. The molecular weight excluding hydrogens is 302 g/mol. The molecular formula is C16H19NO4S. The van der Waals surface area contributed by atoms with Gasteiger partial charge in [0.15, 0.2) is 0 Å². The van der Waals surface area contributed by atoms with Crippen molar-refractivity contribution in [2.24, 2.45) is 0 Å². The lowest BCUT2D eigenvalue weighted by atomic mass is 10.1. The normalized spacial score (nSPS) is 11.2. The van der Waals surface area contributed by atoms with E-state index >= 15 is 0 Å². The number of hydrogen-bond acceptors (Lipinski definition) is 4. The molecule has 0 heterocycles. The van der Waals surface area contributed by atoms with Crippen molar-refractivity contribution in [2.75, 3.05) is 20.8 Å². The quantitative estimate of drug-likeness (QED) is 0.849. The Labute approximate surface area is 130 Å². The van der Waals surface area contributed by atoms with Gasteiger partial charge >= 0.3 is 0 Å². The van der Waals surface area contributed by atoms with Crippen LogP contribution < -0.4 is 14.2 Å². The minimum absolute atomic E-state index is 0.216. The number of rotatable bonds is 7. The molecule has 2 aromatic carbocycles. The Morgan fingerprint density at radius 2 is 1.64 bits per heavy atom. The van der Waals surface area contributed by atoms with Crippen LogP contribution in [0.15, 0.2) is 53.4 Å². The maximum atomic E-state index is 12.2. The molecule has 0 bridgehead atoms. The summed E-state index contributed by atoms with van der Waals surface area (Å²) in [5.41, 5.74) is 0.961. The van der Waals surface area contributed by atoms with Gasteiger partial charge in [-0.25, -0.2) is 13.1 Å². The van der Waals surface area contributed by atoms with Crippen LogP contribution in [-0.2, 0) is 16.4 Å². The summed E-state index contributed by atoms with van der Waals surface area (Å²) in [6, 6.07) is 13.8. The van der Waals surface area contributed by atoms with E-state index in [1.54, 1.807) is 19.2 Å². The van der Waals surface area contributed by atoms with Gasteiger partial charge in [0.1, 0.15) is 11.5 Å². The number of nitrogens with one attached hydrogen (secondary N) is 1. The van der Waals surface area contributed by atoms with Gasteiger partial charge in [0.2, 0.25) is 10.0 Å². The zero-order valence-electron chi connectivity index (χ0n) is 12.6. The SMILES string of the molecule is COc1ccc(S(=O)(=O)NCCc2ccccc2OC)cc1. The van der Waals surface area contributed by atoms with Gasteiger partial charge in [0, 0.05) is 6.54 Å². The number of hydrogen-bond donors (Lipinski definition) is 1. The van der Waals surface area contributed by atoms with Gasteiger partial charge in [-0.15, -0.1) is 0 Å². The summed E-state index contributed by atoms with van der Waals surface area (Å²) in [7, 11) is -0.387. The molecule has 5 nitrogen and oxygen atoms in total. The van der Waals surface area contributed by atoms with Crippen molar-refractivity contribution in [1.29, 1.82) is 0 Å². The first kappa shape index (κ1) is 16.3. The summed E-state index contributed by atoms with van der Waals surface area (Å²) in [6.45, 7) is 0.300. The zero-order chi connectivity index (χ0) is 16.0. The summed E-state index contributed by atoms with van der Waals surface area (Å²) in [5.74, 6) is 1.37. The molecule has 2 rings (SSSR count). The fourth-order valence-electron chi connectivity index (χ4n) is 2.07. The molecule has 0 aliphatic carbocycles. The highest BCUT2D eigenvalue weighted by Gasteiger charge is 2.13. The highest BCUT2D eigenvalue weighted by Crippen LogP contribution is 2.18. The molecule has 118 valence electrons. The van der Waals surface area contributed by atoms with E-state index in [-0.39, 0.29) is 4.90 Å². The van der Waals surface area contributed by atoms with Crippen LogP contribution in [0.1, 0.15) is 5.56 Å². The average Bonchev–Trinajstić information content (AvgIpc) is 2.55. The fourth-order valence-corrected chi connectivity index (χ4v) is 3.10. The molecule has 0 aliphatic rings. The molecule has 0 unspecified atom stereocenters. The highest BCUT2D eigenvalue weighted by atomic mass is 32.2. The lowest BCUT2D eigenvalue weighted by molar-refractivity contribution is 0.409. The standard InChI is InChI=1S/C16H19NO4S/c1-20-14-7-9-15(10-8-14)22(18,19)17-12-11-13-5-3-4-6-16(13)21-2/h3-10,17H,11-12H2,1-2H3. The van der Waals surface area contributed by atoms with E-state index in [1.807, 2.05) is 24.3 Å². The topological polar surface area (TPSA) is 64.6 Å². The van der Waals surface area contributed by atoms with Gasteiger partial charge in [-0.05, 0) is 42.3 Å². The van der Waals surface area contributed by atoms with Crippen molar-refractivity contribution >= 4 is 10.0 Å². The fraction of sp³-hybridized carbons (Fsp3) is 0.250. The second-order valence-electron chi connectivity index (χ2n) is 4.64. The smallest absolute Gasteiger partial charge is 0.240 e. The van der Waals surface area contributed by atoms with Crippen molar-refractivity contribution in [3.8, 4) is 11.5 Å². The van der Waals surface area contributed by atoms with Crippen LogP contribution in [0, 0.1) is 0 Å². The first-order valence-electron chi connectivity index (χ1n) is 6.82. The second-order valence-corrected chi connectivity index (χ2v) is 6.40. The van der Waals surface area contributed by atoms with E-state index in [2.05, 4.69) is 4.72 Å². The number of para-hydroxylation sites is 1. The van der Waals surface area contributed by atoms with Crippen LogP contribution in [0.4, 0.5) is 0 Å². The first-order valence-corrected chi connectivity index (χ1v) is 8.31.